The maximum absolute atomic E-state index is 13.8. The summed E-state index contributed by atoms with van der Waals surface area (Å²) in [7, 11) is 0. The molecule has 29 heavy (non-hydrogen) atoms. The number of piperazine rings is 1. The van der Waals surface area contributed by atoms with Crippen LogP contribution in [0.3, 0.4) is 0 Å². The number of benzene rings is 1. The van der Waals surface area contributed by atoms with Crippen LogP contribution in [-0.2, 0) is 0 Å². The summed E-state index contributed by atoms with van der Waals surface area (Å²) in [5.41, 5.74) is 1.23. The third-order valence-electron chi connectivity index (χ3n) is 4.77. The molecule has 0 spiro atoms. The molecule has 0 radical (unpaired) electrons. The highest BCUT2D eigenvalue weighted by Gasteiger charge is 2.24. The van der Waals surface area contributed by atoms with Gasteiger partial charge in [0.1, 0.15) is 5.82 Å². The summed E-state index contributed by atoms with van der Waals surface area (Å²) < 4.78 is 18.9. The van der Waals surface area contributed by atoms with Gasteiger partial charge in [0.05, 0.1) is 29.4 Å². The average Bonchev–Trinajstić information content (AvgIpc) is 3.30. The average molecular weight is 394 g/mol. The summed E-state index contributed by atoms with van der Waals surface area (Å²) >= 11 is 0. The number of carbonyl (C=O) groups excluding carboxylic acids is 2. The van der Waals surface area contributed by atoms with E-state index >= 15 is 0 Å². The molecule has 2 aromatic heterocycles. The van der Waals surface area contributed by atoms with E-state index in [4.69, 9.17) is 4.42 Å². The van der Waals surface area contributed by atoms with Crippen LogP contribution in [0.25, 0.3) is 0 Å². The second-order valence-electron chi connectivity index (χ2n) is 6.62. The molecule has 1 aromatic carbocycles. The molecule has 7 nitrogen and oxygen atoms in total. The molecule has 148 valence electrons. The van der Waals surface area contributed by atoms with Gasteiger partial charge in [-0.1, -0.05) is 12.1 Å². The van der Waals surface area contributed by atoms with Gasteiger partial charge in [-0.05, 0) is 30.3 Å². The second-order valence-corrected chi connectivity index (χ2v) is 6.62. The Morgan fingerprint density at radius 2 is 1.83 bits per heavy atom. The number of pyridine rings is 1. The first kappa shape index (κ1) is 18.7. The van der Waals surface area contributed by atoms with Crippen LogP contribution in [0, 0.1) is 5.82 Å². The summed E-state index contributed by atoms with van der Waals surface area (Å²) in [4.78, 5) is 32.8. The molecule has 0 aliphatic carbocycles. The number of para-hydroxylation sites is 1. The van der Waals surface area contributed by atoms with Gasteiger partial charge in [-0.3, -0.25) is 14.6 Å². The van der Waals surface area contributed by atoms with E-state index in [0.717, 1.165) is 5.69 Å². The second kappa shape index (κ2) is 8.14. The van der Waals surface area contributed by atoms with Crippen molar-refractivity contribution < 1.29 is 18.4 Å². The molecule has 1 aliphatic heterocycles. The van der Waals surface area contributed by atoms with Gasteiger partial charge in [0.2, 0.25) is 0 Å². The lowest BCUT2D eigenvalue weighted by molar-refractivity contribution is 0.0714. The van der Waals surface area contributed by atoms with Gasteiger partial charge in [0, 0.05) is 32.4 Å². The number of anilines is 2. The number of rotatable bonds is 4. The number of nitrogens with one attached hydrogen (secondary N) is 1. The molecule has 3 heterocycles. The molecule has 1 aliphatic rings. The van der Waals surface area contributed by atoms with Gasteiger partial charge in [0.25, 0.3) is 11.8 Å². The number of furan rings is 1. The predicted octanol–water partition coefficient (Wildman–Crippen LogP) is 3.03. The predicted molar refractivity (Wildman–Crippen MR) is 105 cm³/mol. The van der Waals surface area contributed by atoms with Crippen molar-refractivity contribution in [3.8, 4) is 0 Å². The van der Waals surface area contributed by atoms with Gasteiger partial charge in [-0.15, -0.1) is 0 Å². The fraction of sp³-hybridized carbons (Fsp3) is 0.190. The number of hydrogen-bond donors (Lipinski definition) is 1. The Morgan fingerprint density at radius 3 is 2.55 bits per heavy atom. The minimum atomic E-state index is -0.498. The zero-order valence-electron chi connectivity index (χ0n) is 15.5. The van der Waals surface area contributed by atoms with E-state index in [-0.39, 0.29) is 11.6 Å². The molecule has 1 fully saturated rings. The molecular formula is C21H19FN4O3. The van der Waals surface area contributed by atoms with Gasteiger partial charge in [0.15, 0.2) is 5.76 Å². The van der Waals surface area contributed by atoms with Gasteiger partial charge in [-0.25, -0.2) is 4.39 Å². The summed E-state index contributed by atoms with van der Waals surface area (Å²) in [5.74, 6) is -0.740. The van der Waals surface area contributed by atoms with E-state index in [1.54, 1.807) is 41.4 Å². The highest BCUT2D eigenvalue weighted by molar-refractivity contribution is 6.04. The lowest BCUT2D eigenvalue weighted by atomic mass is 10.2. The van der Waals surface area contributed by atoms with E-state index < -0.39 is 11.7 Å². The van der Waals surface area contributed by atoms with Crippen molar-refractivity contribution in [3.63, 3.8) is 0 Å². The van der Waals surface area contributed by atoms with E-state index in [0.29, 0.717) is 37.5 Å². The Morgan fingerprint density at radius 1 is 1.03 bits per heavy atom. The number of aromatic nitrogens is 1. The van der Waals surface area contributed by atoms with Crippen LogP contribution in [0.4, 0.5) is 15.8 Å². The largest absolute Gasteiger partial charge is 0.459 e. The van der Waals surface area contributed by atoms with Crippen LogP contribution < -0.4 is 10.2 Å². The third-order valence-corrected chi connectivity index (χ3v) is 4.77. The minimum absolute atomic E-state index is 0.118. The Balaban J connectivity index is 1.41. The van der Waals surface area contributed by atoms with E-state index in [1.165, 1.54) is 24.6 Å². The van der Waals surface area contributed by atoms with E-state index in [1.807, 2.05) is 0 Å². The van der Waals surface area contributed by atoms with Crippen molar-refractivity contribution in [1.82, 2.24) is 9.88 Å². The monoisotopic (exact) mass is 394 g/mol. The van der Waals surface area contributed by atoms with Crippen molar-refractivity contribution >= 4 is 23.2 Å². The zero-order chi connectivity index (χ0) is 20.2. The smallest absolute Gasteiger partial charge is 0.289 e. The molecule has 0 unspecified atom stereocenters. The maximum Gasteiger partial charge on any atom is 0.289 e. The summed E-state index contributed by atoms with van der Waals surface area (Å²) in [6, 6.07) is 11.0. The first-order chi connectivity index (χ1) is 14.1. The van der Waals surface area contributed by atoms with Crippen LogP contribution >= 0.6 is 0 Å². The van der Waals surface area contributed by atoms with Crippen molar-refractivity contribution in [2.24, 2.45) is 0 Å². The molecule has 4 rings (SSSR count). The summed E-state index contributed by atoms with van der Waals surface area (Å²) in [5, 5.41) is 2.56. The Bertz CT molecular complexity index is 1010. The standard InChI is InChI=1S/C21H19FN4O3/c22-17-4-1-2-5-18(17)24-20(27)15-12-16(14-23-13-15)25-7-9-26(10-8-25)21(28)19-6-3-11-29-19/h1-6,11-14H,7-10H2,(H,24,27). The van der Waals surface area contributed by atoms with Crippen LogP contribution in [0.1, 0.15) is 20.9 Å². The molecule has 8 heteroatoms. The zero-order valence-corrected chi connectivity index (χ0v) is 15.5. The van der Waals surface area contributed by atoms with Crippen molar-refractivity contribution in [1.29, 1.82) is 0 Å². The van der Waals surface area contributed by atoms with E-state index in [2.05, 4.69) is 15.2 Å². The fourth-order valence-electron chi connectivity index (χ4n) is 3.21. The highest BCUT2D eigenvalue weighted by Crippen LogP contribution is 2.20. The molecule has 1 saturated heterocycles. The normalized spacial score (nSPS) is 14.0. The van der Waals surface area contributed by atoms with E-state index in [9.17, 15) is 14.0 Å². The summed E-state index contributed by atoms with van der Waals surface area (Å²) in [6.45, 7) is 2.27. The maximum atomic E-state index is 13.8. The molecule has 0 bridgehead atoms. The summed E-state index contributed by atoms with van der Waals surface area (Å²) in [6.07, 6.45) is 4.59. The highest BCUT2D eigenvalue weighted by atomic mass is 19.1. The number of nitrogens with zero attached hydrogens (tertiary/aromatic N) is 3. The molecular weight excluding hydrogens is 375 g/mol. The molecule has 0 atom stereocenters. The van der Waals surface area contributed by atoms with Gasteiger partial charge in [-0.2, -0.15) is 0 Å². The van der Waals surface area contributed by atoms with Crippen molar-refractivity contribution in [3.05, 3.63) is 78.3 Å². The number of halogens is 1. The number of amides is 2. The van der Waals surface area contributed by atoms with Crippen molar-refractivity contribution in [2.45, 2.75) is 0 Å². The molecule has 0 saturated carbocycles. The van der Waals surface area contributed by atoms with Gasteiger partial charge < -0.3 is 19.5 Å². The molecule has 1 N–H and O–H groups in total. The Hall–Kier alpha value is -3.68. The lowest BCUT2D eigenvalue weighted by Crippen LogP contribution is -2.48. The SMILES string of the molecule is O=C(Nc1ccccc1F)c1cncc(N2CCN(C(=O)c3ccco3)CC2)c1. The third kappa shape index (κ3) is 4.11. The topological polar surface area (TPSA) is 78.7 Å². The number of carbonyl (C=O) groups is 2. The van der Waals surface area contributed by atoms with Crippen LogP contribution in [-0.4, -0.2) is 47.9 Å². The van der Waals surface area contributed by atoms with Gasteiger partial charge >= 0.3 is 0 Å². The fourth-order valence-corrected chi connectivity index (χ4v) is 3.21. The molecule has 2 amide bonds. The van der Waals surface area contributed by atoms with Crippen LogP contribution in [0.2, 0.25) is 0 Å². The van der Waals surface area contributed by atoms with Crippen LogP contribution in [0.15, 0.2) is 65.5 Å². The number of hydrogen-bond acceptors (Lipinski definition) is 5. The van der Waals surface area contributed by atoms with Crippen molar-refractivity contribution in [2.75, 3.05) is 36.4 Å². The first-order valence-corrected chi connectivity index (χ1v) is 9.20. The quantitative estimate of drug-likeness (QED) is 0.736. The lowest BCUT2D eigenvalue weighted by Gasteiger charge is -2.35. The Labute approximate surface area is 166 Å². The molecule has 3 aromatic rings. The minimum Gasteiger partial charge on any atom is -0.459 e. The van der Waals surface area contributed by atoms with Crippen LogP contribution in [0.5, 0.6) is 0 Å². The first-order valence-electron chi connectivity index (χ1n) is 9.20. The Kier molecular flexibility index (Phi) is 5.24.